The number of nitrogens with zero attached hydrogens (tertiary/aromatic N) is 1. The van der Waals surface area contributed by atoms with Gasteiger partial charge in [-0.1, -0.05) is 53.5 Å². The lowest BCUT2D eigenvalue weighted by Crippen LogP contribution is -2.30. The van der Waals surface area contributed by atoms with Crippen LogP contribution in [-0.4, -0.2) is 36.5 Å². The first-order valence-electron chi connectivity index (χ1n) is 10.9. The van der Waals surface area contributed by atoms with Crippen LogP contribution in [0.2, 0.25) is 10.0 Å². The summed E-state index contributed by atoms with van der Waals surface area (Å²) in [6.45, 7) is 4.11. The van der Waals surface area contributed by atoms with Crippen molar-refractivity contribution < 1.29 is 19.1 Å². The Bertz CT molecular complexity index is 1190. The number of carbonyl (C=O) groups is 2. The maximum Gasteiger partial charge on any atom is 0.341 e. The molecule has 6 nitrogen and oxygen atoms in total. The van der Waals surface area contributed by atoms with E-state index in [9.17, 15) is 9.59 Å². The molecule has 2 heterocycles. The molecule has 0 fully saturated rings. The number of fused-ring (bicyclic) bond motifs is 1. The number of hydrogen-bond acceptors (Lipinski definition) is 6. The molecule has 4 rings (SSSR count). The molecule has 0 unspecified atom stereocenters. The fraction of sp³-hybridized carbons (Fsp3) is 0.280. The molecular weight excluding hydrogens is 531 g/mol. The van der Waals surface area contributed by atoms with E-state index >= 15 is 0 Å². The minimum absolute atomic E-state index is 0. The molecule has 186 valence electrons. The van der Waals surface area contributed by atoms with E-state index in [1.807, 2.05) is 18.2 Å². The number of hydrogen-bond donors (Lipinski definition) is 1. The van der Waals surface area contributed by atoms with Gasteiger partial charge in [-0.3, -0.25) is 9.69 Å². The number of ether oxygens (including phenoxy) is 2. The zero-order chi connectivity index (χ0) is 24.1. The Morgan fingerprint density at radius 1 is 1.14 bits per heavy atom. The lowest BCUT2D eigenvalue weighted by Gasteiger charge is -2.27. The minimum atomic E-state index is -0.423. The quantitative estimate of drug-likeness (QED) is 0.334. The zero-order valence-corrected chi connectivity index (χ0v) is 22.2. The summed E-state index contributed by atoms with van der Waals surface area (Å²) in [6, 6.07) is 15.1. The number of thiophene rings is 1. The van der Waals surface area contributed by atoms with Crippen molar-refractivity contribution in [2.75, 3.05) is 25.1 Å². The topological polar surface area (TPSA) is 67.9 Å². The average molecular weight is 556 g/mol. The van der Waals surface area contributed by atoms with Crippen molar-refractivity contribution in [3.63, 3.8) is 0 Å². The molecular formula is C25H25Cl3N2O4S. The molecule has 1 aliphatic heterocycles. The van der Waals surface area contributed by atoms with E-state index in [0.717, 1.165) is 23.5 Å². The first-order valence-corrected chi connectivity index (χ1v) is 12.5. The van der Waals surface area contributed by atoms with Gasteiger partial charge in [0, 0.05) is 29.5 Å². The first kappa shape index (κ1) is 27.3. The van der Waals surface area contributed by atoms with Crippen LogP contribution in [0.4, 0.5) is 5.00 Å². The van der Waals surface area contributed by atoms with Gasteiger partial charge in [-0.2, -0.15) is 0 Å². The molecule has 35 heavy (non-hydrogen) atoms. The standard InChI is InChI=1S/C25H24Cl2N2O4S.ClH/c1-2-32-25(31)23-18-10-11-29(13-16-6-4-3-5-7-16)14-21(18)34-24(23)28-22(30)15-33-20-9-8-17(26)12-19(20)27;/h3-9,12H,2,10-11,13-15H2,1H3,(H,28,30);1H. The maximum absolute atomic E-state index is 12.8. The highest BCUT2D eigenvalue weighted by molar-refractivity contribution is 7.17. The zero-order valence-electron chi connectivity index (χ0n) is 19.0. The molecule has 0 bridgehead atoms. The molecule has 0 aliphatic carbocycles. The Hall–Kier alpha value is -2.29. The number of rotatable bonds is 8. The molecule has 1 N–H and O–H groups in total. The van der Waals surface area contributed by atoms with Crippen LogP contribution in [-0.2, 0) is 29.0 Å². The van der Waals surface area contributed by atoms with Crippen LogP contribution in [0, 0.1) is 0 Å². The molecule has 2 aromatic carbocycles. The average Bonchev–Trinajstić information content (AvgIpc) is 3.16. The van der Waals surface area contributed by atoms with Crippen LogP contribution in [0.3, 0.4) is 0 Å². The summed E-state index contributed by atoms with van der Waals surface area (Å²) in [7, 11) is 0. The normalized spacial score (nSPS) is 12.9. The van der Waals surface area contributed by atoms with Gasteiger partial charge in [0.2, 0.25) is 0 Å². The molecule has 3 aromatic rings. The van der Waals surface area contributed by atoms with E-state index in [2.05, 4.69) is 22.3 Å². The van der Waals surface area contributed by atoms with Gasteiger partial charge in [-0.05, 0) is 42.7 Å². The van der Waals surface area contributed by atoms with E-state index in [0.29, 0.717) is 39.3 Å². The summed E-state index contributed by atoms with van der Waals surface area (Å²) in [4.78, 5) is 28.8. The van der Waals surface area contributed by atoms with Crippen LogP contribution < -0.4 is 10.1 Å². The van der Waals surface area contributed by atoms with Crippen molar-refractivity contribution in [3.8, 4) is 5.75 Å². The smallest absolute Gasteiger partial charge is 0.341 e. The highest BCUT2D eigenvalue weighted by Crippen LogP contribution is 2.38. The number of anilines is 1. The molecule has 0 saturated carbocycles. The summed E-state index contributed by atoms with van der Waals surface area (Å²) in [5.74, 6) is -0.460. The molecule has 10 heteroatoms. The van der Waals surface area contributed by atoms with Crippen LogP contribution in [0.5, 0.6) is 5.75 Å². The monoisotopic (exact) mass is 554 g/mol. The predicted octanol–water partition coefficient (Wildman–Crippen LogP) is 6.23. The Balaban J connectivity index is 0.00000342. The Kier molecular flexibility index (Phi) is 9.83. The predicted molar refractivity (Wildman–Crippen MR) is 142 cm³/mol. The number of halogens is 3. The molecule has 0 saturated heterocycles. The number of benzene rings is 2. The van der Waals surface area contributed by atoms with Crippen LogP contribution in [0.25, 0.3) is 0 Å². The lowest BCUT2D eigenvalue weighted by molar-refractivity contribution is -0.118. The second-order valence-corrected chi connectivity index (χ2v) is 9.74. The second-order valence-electron chi connectivity index (χ2n) is 7.79. The lowest BCUT2D eigenvalue weighted by atomic mass is 10.0. The van der Waals surface area contributed by atoms with Gasteiger partial charge in [0.1, 0.15) is 10.8 Å². The molecule has 0 radical (unpaired) electrons. The summed E-state index contributed by atoms with van der Waals surface area (Å²) in [5, 5.41) is 4.12. The van der Waals surface area contributed by atoms with Gasteiger partial charge in [-0.15, -0.1) is 23.7 Å². The molecule has 0 spiro atoms. The second kappa shape index (κ2) is 12.6. The Labute approximate surface area is 224 Å². The number of nitrogens with one attached hydrogen (secondary N) is 1. The van der Waals surface area contributed by atoms with Gasteiger partial charge in [0.05, 0.1) is 17.2 Å². The molecule has 1 amide bonds. The fourth-order valence-electron chi connectivity index (χ4n) is 3.84. The van der Waals surface area contributed by atoms with E-state index in [1.165, 1.54) is 16.9 Å². The molecule has 1 aliphatic rings. The third-order valence-corrected chi connectivity index (χ3v) is 7.03. The van der Waals surface area contributed by atoms with E-state index in [1.54, 1.807) is 25.1 Å². The van der Waals surface area contributed by atoms with Gasteiger partial charge < -0.3 is 14.8 Å². The number of amides is 1. The summed E-state index contributed by atoms with van der Waals surface area (Å²) in [6.07, 6.45) is 0.708. The fourth-order valence-corrected chi connectivity index (χ4v) is 5.60. The molecule has 0 atom stereocenters. The van der Waals surface area contributed by atoms with Crippen LogP contribution in [0.15, 0.2) is 48.5 Å². The SMILES string of the molecule is CCOC(=O)c1c(NC(=O)COc2ccc(Cl)cc2Cl)sc2c1CCN(Cc1ccccc1)C2.Cl. The van der Waals surface area contributed by atoms with Crippen molar-refractivity contribution in [2.24, 2.45) is 0 Å². The number of esters is 1. The Morgan fingerprint density at radius 3 is 2.63 bits per heavy atom. The van der Waals surface area contributed by atoms with E-state index < -0.39 is 11.9 Å². The summed E-state index contributed by atoms with van der Waals surface area (Å²) in [5.41, 5.74) is 2.63. The number of carbonyl (C=O) groups excluding carboxylic acids is 2. The van der Waals surface area contributed by atoms with Gasteiger partial charge in [0.15, 0.2) is 6.61 Å². The molecule has 1 aromatic heterocycles. The maximum atomic E-state index is 12.8. The van der Waals surface area contributed by atoms with Crippen molar-refractivity contribution in [2.45, 2.75) is 26.4 Å². The highest BCUT2D eigenvalue weighted by Gasteiger charge is 2.29. The third-order valence-electron chi connectivity index (χ3n) is 5.37. The largest absolute Gasteiger partial charge is 0.482 e. The van der Waals surface area contributed by atoms with Crippen molar-refractivity contribution in [3.05, 3.63) is 80.1 Å². The third kappa shape index (κ3) is 6.90. The van der Waals surface area contributed by atoms with Crippen LogP contribution >= 0.6 is 46.9 Å². The summed E-state index contributed by atoms with van der Waals surface area (Å²) >= 11 is 13.4. The van der Waals surface area contributed by atoms with Crippen molar-refractivity contribution >= 4 is 63.8 Å². The van der Waals surface area contributed by atoms with Gasteiger partial charge in [0.25, 0.3) is 5.91 Å². The first-order chi connectivity index (χ1) is 16.4. The van der Waals surface area contributed by atoms with E-state index in [4.69, 9.17) is 32.7 Å². The van der Waals surface area contributed by atoms with Crippen LogP contribution in [0.1, 0.15) is 33.3 Å². The van der Waals surface area contributed by atoms with Crippen molar-refractivity contribution in [1.29, 1.82) is 0 Å². The minimum Gasteiger partial charge on any atom is -0.482 e. The summed E-state index contributed by atoms with van der Waals surface area (Å²) < 4.78 is 10.8. The Morgan fingerprint density at radius 2 is 1.91 bits per heavy atom. The van der Waals surface area contributed by atoms with Crippen molar-refractivity contribution in [1.82, 2.24) is 4.90 Å². The van der Waals surface area contributed by atoms with Gasteiger partial charge >= 0.3 is 5.97 Å². The van der Waals surface area contributed by atoms with E-state index in [-0.39, 0.29) is 25.6 Å². The van der Waals surface area contributed by atoms with Gasteiger partial charge in [-0.25, -0.2) is 4.79 Å². The highest BCUT2D eigenvalue weighted by atomic mass is 35.5.